The molecule has 0 heterocycles. The maximum absolute atomic E-state index is 12.1. The number of hydrogen-bond donors (Lipinski definition) is 2. The van der Waals surface area contributed by atoms with Gasteiger partial charge in [0.2, 0.25) is 0 Å². The lowest BCUT2D eigenvalue weighted by molar-refractivity contribution is -0.123. The van der Waals surface area contributed by atoms with E-state index in [2.05, 4.69) is 21.2 Å². The van der Waals surface area contributed by atoms with Crippen molar-refractivity contribution in [2.24, 2.45) is 5.73 Å². The maximum Gasteiger partial charge on any atom is 0.258 e. The summed E-state index contributed by atoms with van der Waals surface area (Å²) in [5.41, 5.74) is 6.56. The highest BCUT2D eigenvalue weighted by Crippen LogP contribution is 2.20. The number of nitrogens with two attached hydrogens (primary N) is 1. The average Bonchev–Trinajstić information content (AvgIpc) is 2.59. The molecular weight excluding hydrogens is 372 g/mol. The van der Waals surface area contributed by atoms with Crippen LogP contribution in [0.2, 0.25) is 0 Å². The molecule has 2 aromatic rings. The summed E-state index contributed by atoms with van der Waals surface area (Å²) in [4.78, 5) is 23.5. The van der Waals surface area contributed by atoms with E-state index < -0.39 is 5.91 Å². The van der Waals surface area contributed by atoms with Gasteiger partial charge in [-0.1, -0.05) is 47.1 Å². The van der Waals surface area contributed by atoms with E-state index in [1.165, 1.54) is 0 Å². The SMILES string of the molecule is CC[C@@H](NC(=O)COc1ccccc1C(N)=O)c1ccc(Br)cc1. The first-order valence-corrected chi connectivity index (χ1v) is 8.37. The minimum Gasteiger partial charge on any atom is -0.483 e. The number of hydrogen-bond acceptors (Lipinski definition) is 3. The van der Waals surface area contributed by atoms with Crippen molar-refractivity contribution in [2.45, 2.75) is 19.4 Å². The van der Waals surface area contributed by atoms with Crippen LogP contribution in [-0.2, 0) is 4.79 Å². The van der Waals surface area contributed by atoms with Gasteiger partial charge in [0.1, 0.15) is 5.75 Å². The Hall–Kier alpha value is -2.34. The van der Waals surface area contributed by atoms with Crippen LogP contribution in [0.25, 0.3) is 0 Å². The summed E-state index contributed by atoms with van der Waals surface area (Å²) >= 11 is 3.39. The minimum absolute atomic E-state index is 0.0967. The Labute approximate surface area is 149 Å². The molecular formula is C18H19BrN2O3. The van der Waals surface area contributed by atoms with Gasteiger partial charge in [0.15, 0.2) is 6.61 Å². The van der Waals surface area contributed by atoms with Crippen molar-refractivity contribution in [3.8, 4) is 5.75 Å². The largest absolute Gasteiger partial charge is 0.483 e. The molecule has 0 radical (unpaired) electrons. The van der Waals surface area contributed by atoms with Crippen molar-refractivity contribution in [3.63, 3.8) is 0 Å². The molecule has 24 heavy (non-hydrogen) atoms. The topological polar surface area (TPSA) is 81.4 Å². The van der Waals surface area contributed by atoms with Crippen LogP contribution in [0.3, 0.4) is 0 Å². The molecule has 126 valence electrons. The van der Waals surface area contributed by atoms with Gasteiger partial charge in [0.05, 0.1) is 11.6 Å². The van der Waals surface area contributed by atoms with Crippen LogP contribution in [-0.4, -0.2) is 18.4 Å². The first-order chi connectivity index (χ1) is 11.5. The van der Waals surface area contributed by atoms with Gasteiger partial charge in [-0.25, -0.2) is 0 Å². The second-order valence-electron chi connectivity index (χ2n) is 5.23. The van der Waals surface area contributed by atoms with E-state index in [1.807, 2.05) is 31.2 Å². The van der Waals surface area contributed by atoms with Crippen LogP contribution in [0.1, 0.15) is 35.3 Å². The fourth-order valence-electron chi connectivity index (χ4n) is 2.29. The molecule has 6 heteroatoms. The van der Waals surface area contributed by atoms with Gasteiger partial charge in [-0.2, -0.15) is 0 Å². The number of para-hydroxylation sites is 1. The van der Waals surface area contributed by atoms with Gasteiger partial charge in [-0.15, -0.1) is 0 Å². The number of ether oxygens (including phenoxy) is 1. The Kier molecular flexibility index (Phi) is 6.37. The Bertz CT molecular complexity index is 716. The summed E-state index contributed by atoms with van der Waals surface area (Å²) in [6, 6.07) is 14.3. The van der Waals surface area contributed by atoms with Crippen molar-refractivity contribution in [2.75, 3.05) is 6.61 Å². The van der Waals surface area contributed by atoms with Gasteiger partial charge in [-0.3, -0.25) is 9.59 Å². The summed E-state index contributed by atoms with van der Waals surface area (Å²) in [7, 11) is 0. The molecule has 0 aromatic heterocycles. The molecule has 2 aromatic carbocycles. The van der Waals surface area contributed by atoms with Crippen LogP contribution in [0.4, 0.5) is 0 Å². The molecule has 3 N–H and O–H groups in total. The van der Waals surface area contributed by atoms with Gasteiger partial charge >= 0.3 is 0 Å². The highest BCUT2D eigenvalue weighted by Gasteiger charge is 2.14. The summed E-state index contributed by atoms with van der Waals surface area (Å²) in [6.07, 6.45) is 0.755. The monoisotopic (exact) mass is 390 g/mol. The average molecular weight is 391 g/mol. The fraction of sp³-hybridized carbons (Fsp3) is 0.222. The smallest absolute Gasteiger partial charge is 0.258 e. The van der Waals surface area contributed by atoms with E-state index >= 15 is 0 Å². The van der Waals surface area contributed by atoms with Crippen LogP contribution < -0.4 is 15.8 Å². The van der Waals surface area contributed by atoms with E-state index in [1.54, 1.807) is 24.3 Å². The number of carbonyl (C=O) groups excluding carboxylic acids is 2. The predicted molar refractivity (Wildman–Crippen MR) is 95.8 cm³/mol. The highest BCUT2D eigenvalue weighted by molar-refractivity contribution is 9.10. The summed E-state index contributed by atoms with van der Waals surface area (Å²) in [5.74, 6) is -0.548. The third kappa shape index (κ3) is 4.83. The molecule has 0 fully saturated rings. The second kappa shape index (κ2) is 8.49. The highest BCUT2D eigenvalue weighted by atomic mass is 79.9. The molecule has 0 bridgehead atoms. The normalized spacial score (nSPS) is 11.6. The zero-order chi connectivity index (χ0) is 17.5. The molecule has 2 amide bonds. The van der Waals surface area contributed by atoms with Crippen molar-refractivity contribution >= 4 is 27.7 Å². The third-order valence-electron chi connectivity index (χ3n) is 3.53. The van der Waals surface area contributed by atoms with Gasteiger partial charge in [-0.05, 0) is 36.2 Å². The standard InChI is InChI=1S/C18H19BrN2O3/c1-2-15(12-7-9-13(19)10-8-12)21-17(22)11-24-16-6-4-3-5-14(16)18(20)23/h3-10,15H,2,11H2,1H3,(H2,20,23)(H,21,22)/t15-/m1/s1. The number of primary amides is 1. The molecule has 0 saturated heterocycles. The fourth-order valence-corrected chi connectivity index (χ4v) is 2.56. The van der Waals surface area contributed by atoms with E-state index in [0.717, 1.165) is 16.5 Å². The zero-order valence-corrected chi connectivity index (χ0v) is 14.9. The van der Waals surface area contributed by atoms with E-state index in [9.17, 15) is 9.59 Å². The number of amides is 2. The van der Waals surface area contributed by atoms with Gasteiger partial charge in [0, 0.05) is 4.47 Å². The molecule has 0 aliphatic carbocycles. The first-order valence-electron chi connectivity index (χ1n) is 7.57. The predicted octanol–water partition coefficient (Wildman–Crippen LogP) is 3.19. The number of nitrogens with one attached hydrogen (secondary N) is 1. The van der Waals surface area contributed by atoms with Crippen LogP contribution in [0, 0.1) is 0 Å². The summed E-state index contributed by atoms with van der Waals surface area (Å²) < 4.78 is 6.43. The third-order valence-corrected chi connectivity index (χ3v) is 4.06. The second-order valence-corrected chi connectivity index (χ2v) is 6.14. The van der Waals surface area contributed by atoms with E-state index in [-0.39, 0.29) is 24.1 Å². The van der Waals surface area contributed by atoms with Gasteiger partial charge in [0.25, 0.3) is 11.8 Å². The maximum atomic E-state index is 12.1. The first kappa shape index (κ1) is 18.0. The quantitative estimate of drug-likeness (QED) is 0.761. The van der Waals surface area contributed by atoms with Crippen LogP contribution >= 0.6 is 15.9 Å². The van der Waals surface area contributed by atoms with Gasteiger partial charge < -0.3 is 15.8 Å². The van der Waals surface area contributed by atoms with Crippen LogP contribution in [0.15, 0.2) is 53.0 Å². The molecule has 2 rings (SSSR count). The number of carbonyl (C=O) groups is 2. The molecule has 0 saturated carbocycles. The molecule has 0 spiro atoms. The Morgan fingerprint density at radius 1 is 1.17 bits per heavy atom. The lowest BCUT2D eigenvalue weighted by atomic mass is 10.0. The number of halogens is 1. The van der Waals surface area contributed by atoms with Crippen molar-refractivity contribution in [1.82, 2.24) is 5.32 Å². The molecule has 5 nitrogen and oxygen atoms in total. The molecule has 0 unspecified atom stereocenters. The summed E-state index contributed by atoms with van der Waals surface area (Å²) in [5, 5.41) is 2.93. The summed E-state index contributed by atoms with van der Waals surface area (Å²) in [6.45, 7) is 1.81. The Balaban J connectivity index is 1.97. The van der Waals surface area contributed by atoms with E-state index in [0.29, 0.717) is 5.75 Å². The molecule has 0 aliphatic heterocycles. The molecule has 1 atom stereocenters. The number of benzene rings is 2. The minimum atomic E-state index is -0.590. The zero-order valence-electron chi connectivity index (χ0n) is 13.3. The number of rotatable bonds is 7. The lowest BCUT2D eigenvalue weighted by Gasteiger charge is -2.18. The van der Waals surface area contributed by atoms with Crippen molar-refractivity contribution in [1.29, 1.82) is 0 Å². The lowest BCUT2D eigenvalue weighted by Crippen LogP contribution is -2.32. The van der Waals surface area contributed by atoms with Crippen molar-refractivity contribution < 1.29 is 14.3 Å². The Morgan fingerprint density at radius 2 is 1.83 bits per heavy atom. The molecule has 0 aliphatic rings. The van der Waals surface area contributed by atoms with Crippen molar-refractivity contribution in [3.05, 3.63) is 64.1 Å². The van der Waals surface area contributed by atoms with E-state index in [4.69, 9.17) is 10.5 Å². The van der Waals surface area contributed by atoms with Crippen LogP contribution in [0.5, 0.6) is 5.75 Å². The Morgan fingerprint density at radius 3 is 2.46 bits per heavy atom.